The number of hydrogen-bond donors (Lipinski definition) is 1. The minimum Gasteiger partial charge on any atom is -0.369 e. The van der Waals surface area contributed by atoms with Crippen LogP contribution >= 0.6 is 38.5 Å². The lowest BCUT2D eigenvalue weighted by Gasteiger charge is -2.12. The first kappa shape index (κ1) is 16.6. The van der Waals surface area contributed by atoms with Crippen LogP contribution in [0.3, 0.4) is 0 Å². The van der Waals surface area contributed by atoms with E-state index in [1.165, 1.54) is 12.1 Å². The Morgan fingerprint density at radius 3 is 2.71 bits per heavy atom. The number of nitrogens with zero attached hydrogens (tertiary/aromatic N) is 2. The Balaban J connectivity index is 2.55. The smallest absolute Gasteiger partial charge is 0.163 e. The van der Waals surface area contributed by atoms with Gasteiger partial charge in [-0.3, -0.25) is 0 Å². The van der Waals surface area contributed by atoms with Crippen LogP contribution in [-0.4, -0.2) is 16.5 Å². The summed E-state index contributed by atoms with van der Waals surface area (Å²) in [5.74, 6) is 1.06. The molecule has 0 atom stereocenters. The predicted octanol–water partition coefficient (Wildman–Crippen LogP) is 5.03. The first-order valence-corrected chi connectivity index (χ1v) is 8.69. The molecule has 0 radical (unpaired) electrons. The van der Waals surface area contributed by atoms with Crippen molar-refractivity contribution in [3.63, 3.8) is 0 Å². The molecular formula is C15H16BrFIN3. The third-order valence-electron chi connectivity index (χ3n) is 2.97. The Labute approximate surface area is 146 Å². The van der Waals surface area contributed by atoms with E-state index in [0.717, 1.165) is 38.9 Å². The average molecular weight is 464 g/mol. The summed E-state index contributed by atoms with van der Waals surface area (Å²) < 4.78 is 15.3. The second kappa shape index (κ2) is 7.49. The largest absolute Gasteiger partial charge is 0.369 e. The Kier molecular flexibility index (Phi) is 5.92. The molecule has 1 N–H and O–H groups in total. The number of hydrogen-bond acceptors (Lipinski definition) is 3. The van der Waals surface area contributed by atoms with E-state index in [4.69, 9.17) is 0 Å². The molecule has 0 saturated carbocycles. The van der Waals surface area contributed by atoms with Crippen molar-refractivity contribution in [2.24, 2.45) is 0 Å². The minimum atomic E-state index is -0.295. The third-order valence-corrected chi connectivity index (χ3v) is 4.79. The van der Waals surface area contributed by atoms with Crippen LogP contribution in [0.2, 0.25) is 0 Å². The monoisotopic (exact) mass is 463 g/mol. The van der Waals surface area contributed by atoms with Crippen LogP contribution in [0.15, 0.2) is 22.7 Å². The standard InChI is InChI=1S/C15H16BrFIN3/c1-3-7-19-15-13(18)12(4-2)20-14(21-15)10-8-9(17)5-6-11(10)16/h5-6,8H,3-4,7H2,1-2H3,(H,19,20,21). The highest BCUT2D eigenvalue weighted by Crippen LogP contribution is 2.29. The zero-order chi connectivity index (χ0) is 15.4. The van der Waals surface area contributed by atoms with E-state index in [1.807, 2.05) is 0 Å². The number of nitrogens with one attached hydrogen (secondary N) is 1. The topological polar surface area (TPSA) is 37.8 Å². The van der Waals surface area contributed by atoms with Gasteiger partial charge in [0.05, 0.1) is 9.26 Å². The quantitative estimate of drug-likeness (QED) is 0.631. The molecule has 0 spiro atoms. The van der Waals surface area contributed by atoms with Crippen LogP contribution in [0.5, 0.6) is 0 Å². The lowest BCUT2D eigenvalue weighted by atomic mass is 10.2. The van der Waals surface area contributed by atoms with Crippen molar-refractivity contribution in [3.8, 4) is 11.4 Å². The fourth-order valence-electron chi connectivity index (χ4n) is 1.88. The molecule has 0 unspecified atom stereocenters. The second-order valence-electron chi connectivity index (χ2n) is 4.56. The fraction of sp³-hybridized carbons (Fsp3) is 0.333. The number of aromatic nitrogens is 2. The Bertz CT molecular complexity index is 649. The lowest BCUT2D eigenvalue weighted by Crippen LogP contribution is -2.09. The summed E-state index contributed by atoms with van der Waals surface area (Å²) in [6, 6.07) is 4.54. The SMILES string of the molecule is CCCNc1nc(-c2cc(F)ccc2Br)nc(CC)c1I. The number of halogens is 3. The Morgan fingerprint density at radius 2 is 2.05 bits per heavy atom. The van der Waals surface area contributed by atoms with Gasteiger partial charge < -0.3 is 5.32 Å². The molecule has 2 aromatic rings. The van der Waals surface area contributed by atoms with Gasteiger partial charge in [0.1, 0.15) is 11.6 Å². The Hall–Kier alpha value is -0.760. The molecule has 0 aliphatic carbocycles. The highest BCUT2D eigenvalue weighted by atomic mass is 127. The van der Waals surface area contributed by atoms with Crippen molar-refractivity contribution in [1.29, 1.82) is 0 Å². The van der Waals surface area contributed by atoms with Gasteiger partial charge in [-0.15, -0.1) is 0 Å². The summed E-state index contributed by atoms with van der Waals surface area (Å²) in [6.45, 7) is 5.00. The normalized spacial score (nSPS) is 10.7. The van der Waals surface area contributed by atoms with Crippen molar-refractivity contribution in [3.05, 3.63) is 37.8 Å². The molecule has 0 bridgehead atoms. The fourth-order valence-corrected chi connectivity index (χ4v) is 3.11. The van der Waals surface area contributed by atoms with Gasteiger partial charge in [0, 0.05) is 16.6 Å². The molecule has 6 heteroatoms. The van der Waals surface area contributed by atoms with Gasteiger partial charge in [-0.1, -0.05) is 29.8 Å². The van der Waals surface area contributed by atoms with E-state index in [-0.39, 0.29) is 5.82 Å². The van der Waals surface area contributed by atoms with Crippen molar-refractivity contribution in [1.82, 2.24) is 9.97 Å². The molecule has 0 aliphatic heterocycles. The van der Waals surface area contributed by atoms with Gasteiger partial charge in [0.25, 0.3) is 0 Å². The zero-order valence-electron chi connectivity index (χ0n) is 11.9. The summed E-state index contributed by atoms with van der Waals surface area (Å²) in [5.41, 5.74) is 1.64. The van der Waals surface area contributed by atoms with Crippen LogP contribution in [0, 0.1) is 9.39 Å². The van der Waals surface area contributed by atoms with Crippen LogP contribution in [-0.2, 0) is 6.42 Å². The summed E-state index contributed by atoms with van der Waals surface area (Å²) in [4.78, 5) is 9.14. The molecule has 1 aromatic heterocycles. The average Bonchev–Trinajstić information content (AvgIpc) is 2.48. The lowest BCUT2D eigenvalue weighted by molar-refractivity contribution is 0.628. The Morgan fingerprint density at radius 1 is 1.29 bits per heavy atom. The van der Waals surface area contributed by atoms with E-state index in [9.17, 15) is 4.39 Å². The predicted molar refractivity (Wildman–Crippen MR) is 96.0 cm³/mol. The van der Waals surface area contributed by atoms with E-state index in [2.05, 4.69) is 67.7 Å². The summed E-state index contributed by atoms with van der Waals surface area (Å²) in [7, 11) is 0. The number of anilines is 1. The zero-order valence-corrected chi connectivity index (χ0v) is 15.6. The van der Waals surface area contributed by atoms with Crippen molar-refractivity contribution in [2.75, 3.05) is 11.9 Å². The molecule has 112 valence electrons. The van der Waals surface area contributed by atoms with E-state index in [0.29, 0.717) is 11.4 Å². The molecule has 2 rings (SSSR count). The van der Waals surface area contributed by atoms with Gasteiger partial charge in [0.2, 0.25) is 0 Å². The van der Waals surface area contributed by atoms with Gasteiger partial charge in [-0.2, -0.15) is 0 Å². The van der Waals surface area contributed by atoms with Crippen LogP contribution in [0.25, 0.3) is 11.4 Å². The molecular weight excluding hydrogens is 448 g/mol. The maximum atomic E-state index is 13.5. The van der Waals surface area contributed by atoms with E-state index < -0.39 is 0 Å². The first-order valence-electron chi connectivity index (χ1n) is 6.82. The summed E-state index contributed by atoms with van der Waals surface area (Å²) >= 11 is 5.70. The highest BCUT2D eigenvalue weighted by Gasteiger charge is 2.14. The van der Waals surface area contributed by atoms with Crippen LogP contribution in [0.1, 0.15) is 26.0 Å². The molecule has 0 amide bonds. The summed E-state index contributed by atoms with van der Waals surface area (Å²) in [6.07, 6.45) is 1.82. The van der Waals surface area contributed by atoms with Crippen molar-refractivity contribution in [2.45, 2.75) is 26.7 Å². The van der Waals surface area contributed by atoms with Crippen molar-refractivity contribution < 1.29 is 4.39 Å². The van der Waals surface area contributed by atoms with E-state index >= 15 is 0 Å². The molecule has 1 heterocycles. The summed E-state index contributed by atoms with van der Waals surface area (Å²) in [5, 5.41) is 3.31. The van der Waals surface area contributed by atoms with Gasteiger partial charge in [-0.05, 0) is 53.6 Å². The van der Waals surface area contributed by atoms with Crippen molar-refractivity contribution >= 4 is 44.3 Å². The van der Waals surface area contributed by atoms with Gasteiger partial charge in [-0.25, -0.2) is 14.4 Å². The first-order chi connectivity index (χ1) is 10.1. The third kappa shape index (κ3) is 3.91. The van der Waals surface area contributed by atoms with Gasteiger partial charge in [0.15, 0.2) is 5.82 Å². The highest BCUT2D eigenvalue weighted by molar-refractivity contribution is 14.1. The minimum absolute atomic E-state index is 0.295. The van der Waals surface area contributed by atoms with Crippen LogP contribution in [0.4, 0.5) is 10.2 Å². The maximum Gasteiger partial charge on any atom is 0.163 e. The number of rotatable bonds is 5. The number of benzene rings is 1. The second-order valence-corrected chi connectivity index (χ2v) is 6.49. The van der Waals surface area contributed by atoms with E-state index in [1.54, 1.807) is 6.07 Å². The molecule has 1 aromatic carbocycles. The molecule has 3 nitrogen and oxygen atoms in total. The maximum absolute atomic E-state index is 13.5. The molecule has 0 aliphatic rings. The molecule has 21 heavy (non-hydrogen) atoms. The van der Waals surface area contributed by atoms with Crippen LogP contribution < -0.4 is 5.32 Å². The van der Waals surface area contributed by atoms with Gasteiger partial charge >= 0.3 is 0 Å². The molecule has 0 saturated heterocycles. The number of aryl methyl sites for hydroxylation is 1. The molecule has 0 fully saturated rings.